The Labute approximate surface area is 205 Å². The first-order valence-electron chi connectivity index (χ1n) is 11.8. The number of hydrazone groups is 1. The van der Waals surface area contributed by atoms with Crippen LogP contribution in [-0.4, -0.2) is 46.7 Å². The summed E-state index contributed by atoms with van der Waals surface area (Å²) in [6.07, 6.45) is 7.60. The van der Waals surface area contributed by atoms with E-state index in [9.17, 15) is 4.79 Å². The first-order chi connectivity index (χ1) is 16.5. The van der Waals surface area contributed by atoms with Gasteiger partial charge in [0.1, 0.15) is 0 Å². The van der Waals surface area contributed by atoms with Gasteiger partial charge in [-0.25, -0.2) is 5.43 Å². The Balaban J connectivity index is 1.41. The van der Waals surface area contributed by atoms with E-state index in [1.54, 1.807) is 6.21 Å². The van der Waals surface area contributed by atoms with Crippen molar-refractivity contribution in [2.24, 2.45) is 5.10 Å². The highest BCUT2D eigenvalue weighted by molar-refractivity contribution is 7.99. The van der Waals surface area contributed by atoms with Crippen LogP contribution in [0.4, 0.5) is 5.69 Å². The van der Waals surface area contributed by atoms with Crippen LogP contribution in [0.3, 0.4) is 0 Å². The van der Waals surface area contributed by atoms with Crippen LogP contribution in [0.1, 0.15) is 49.3 Å². The fourth-order valence-corrected chi connectivity index (χ4v) is 4.94. The van der Waals surface area contributed by atoms with E-state index < -0.39 is 0 Å². The summed E-state index contributed by atoms with van der Waals surface area (Å²) in [6.45, 7) is 2.08. The number of thioether (sulfide) groups is 1. The summed E-state index contributed by atoms with van der Waals surface area (Å²) in [5, 5.41) is 13.9. The number of rotatable bonds is 8. The van der Waals surface area contributed by atoms with E-state index in [4.69, 9.17) is 0 Å². The molecule has 3 aromatic rings. The lowest BCUT2D eigenvalue weighted by atomic mass is 9.95. The van der Waals surface area contributed by atoms with Gasteiger partial charge in [0.2, 0.25) is 0 Å². The van der Waals surface area contributed by atoms with Crippen molar-refractivity contribution in [3.05, 3.63) is 59.7 Å². The molecule has 0 radical (unpaired) electrons. The summed E-state index contributed by atoms with van der Waals surface area (Å²) in [7, 11) is 4.00. The van der Waals surface area contributed by atoms with E-state index >= 15 is 0 Å². The van der Waals surface area contributed by atoms with Crippen molar-refractivity contribution < 1.29 is 4.79 Å². The van der Waals surface area contributed by atoms with E-state index in [1.165, 1.54) is 36.6 Å². The van der Waals surface area contributed by atoms with Crippen LogP contribution >= 0.6 is 11.8 Å². The van der Waals surface area contributed by atoms with Crippen LogP contribution in [0.2, 0.25) is 0 Å². The zero-order chi connectivity index (χ0) is 23.9. The molecule has 178 valence electrons. The normalized spacial score (nSPS) is 14.4. The lowest BCUT2D eigenvalue weighted by Gasteiger charge is -2.25. The minimum atomic E-state index is -0.166. The molecule has 2 aromatic carbocycles. The molecule has 0 bridgehead atoms. The van der Waals surface area contributed by atoms with Crippen LogP contribution < -0.4 is 10.3 Å². The molecule has 8 heteroatoms. The van der Waals surface area contributed by atoms with E-state index in [-0.39, 0.29) is 11.7 Å². The number of carbonyl (C=O) groups is 1. The maximum atomic E-state index is 12.4. The average molecular weight is 477 g/mol. The SMILES string of the molecule is Cc1ccc(-c2nnc(SCC(=O)N/N=C\c3ccc(N(C)C)cc3)n2C2CCCCC2)cc1. The number of anilines is 1. The Morgan fingerprint density at radius 2 is 1.79 bits per heavy atom. The number of nitrogens with zero attached hydrogens (tertiary/aromatic N) is 5. The summed E-state index contributed by atoms with van der Waals surface area (Å²) in [4.78, 5) is 14.5. The maximum Gasteiger partial charge on any atom is 0.250 e. The molecule has 1 heterocycles. The summed E-state index contributed by atoms with van der Waals surface area (Å²) in [6, 6.07) is 16.7. The molecule has 7 nitrogen and oxygen atoms in total. The molecule has 1 amide bonds. The van der Waals surface area contributed by atoms with Crippen LogP contribution in [0.15, 0.2) is 58.8 Å². The highest BCUT2D eigenvalue weighted by atomic mass is 32.2. The Morgan fingerprint density at radius 3 is 2.47 bits per heavy atom. The molecular weight excluding hydrogens is 444 g/mol. The van der Waals surface area contributed by atoms with Gasteiger partial charge in [0.25, 0.3) is 5.91 Å². The van der Waals surface area contributed by atoms with Crippen LogP contribution in [0, 0.1) is 6.92 Å². The second kappa shape index (κ2) is 11.3. The molecular formula is C26H32N6OS. The molecule has 0 aliphatic heterocycles. The summed E-state index contributed by atoms with van der Waals surface area (Å²) in [5.74, 6) is 0.950. The molecule has 0 unspecified atom stereocenters. The first kappa shape index (κ1) is 24.0. The molecule has 1 aromatic heterocycles. The smallest absolute Gasteiger partial charge is 0.250 e. The van der Waals surface area contributed by atoms with Gasteiger partial charge in [-0.05, 0) is 37.5 Å². The molecule has 4 rings (SSSR count). The lowest BCUT2D eigenvalue weighted by Crippen LogP contribution is -2.20. The number of hydrogen-bond donors (Lipinski definition) is 1. The maximum absolute atomic E-state index is 12.4. The van der Waals surface area contributed by atoms with E-state index in [0.717, 1.165) is 40.6 Å². The third-order valence-corrected chi connectivity index (χ3v) is 7.00. The van der Waals surface area contributed by atoms with Crippen LogP contribution in [-0.2, 0) is 4.79 Å². The topological polar surface area (TPSA) is 75.4 Å². The molecule has 1 fully saturated rings. The largest absolute Gasteiger partial charge is 0.378 e. The average Bonchev–Trinajstić information content (AvgIpc) is 3.28. The number of aromatic nitrogens is 3. The molecule has 1 saturated carbocycles. The van der Waals surface area contributed by atoms with Gasteiger partial charge in [0.05, 0.1) is 12.0 Å². The summed E-state index contributed by atoms with van der Waals surface area (Å²) < 4.78 is 2.25. The predicted octanol–water partition coefficient (Wildman–Crippen LogP) is 5.07. The van der Waals surface area contributed by atoms with Gasteiger partial charge in [0, 0.05) is 31.4 Å². The first-order valence-corrected chi connectivity index (χ1v) is 12.7. The Kier molecular flexibility index (Phi) is 8.00. The number of aryl methyl sites for hydroxylation is 1. The van der Waals surface area contributed by atoms with Crippen molar-refractivity contribution in [2.45, 2.75) is 50.2 Å². The lowest BCUT2D eigenvalue weighted by molar-refractivity contribution is -0.118. The van der Waals surface area contributed by atoms with Gasteiger partial charge >= 0.3 is 0 Å². The van der Waals surface area contributed by atoms with Gasteiger partial charge in [-0.3, -0.25) is 9.36 Å². The van der Waals surface area contributed by atoms with Gasteiger partial charge in [0.15, 0.2) is 11.0 Å². The van der Waals surface area contributed by atoms with Crippen molar-refractivity contribution in [1.82, 2.24) is 20.2 Å². The third-order valence-electron chi connectivity index (χ3n) is 6.06. The van der Waals surface area contributed by atoms with Crippen molar-refractivity contribution >= 4 is 29.6 Å². The molecule has 0 spiro atoms. The molecule has 0 saturated heterocycles. The van der Waals surface area contributed by atoms with Gasteiger partial charge in [-0.1, -0.05) is 73.0 Å². The highest BCUT2D eigenvalue weighted by Gasteiger charge is 2.24. The Hall–Kier alpha value is -3.13. The summed E-state index contributed by atoms with van der Waals surface area (Å²) in [5.41, 5.74) is 6.94. The number of benzene rings is 2. The second-order valence-electron chi connectivity index (χ2n) is 8.90. The fourth-order valence-electron chi connectivity index (χ4n) is 4.14. The fraction of sp³-hybridized carbons (Fsp3) is 0.385. The van der Waals surface area contributed by atoms with E-state index in [0.29, 0.717) is 6.04 Å². The minimum Gasteiger partial charge on any atom is -0.378 e. The van der Waals surface area contributed by atoms with Crippen molar-refractivity contribution in [3.8, 4) is 11.4 Å². The Bertz CT molecular complexity index is 1120. The molecule has 1 aliphatic rings. The zero-order valence-electron chi connectivity index (χ0n) is 20.1. The van der Waals surface area contributed by atoms with E-state index in [1.807, 2.05) is 43.3 Å². The third kappa shape index (κ3) is 6.05. The monoisotopic (exact) mass is 476 g/mol. The van der Waals surface area contributed by atoms with Gasteiger partial charge in [-0.2, -0.15) is 5.10 Å². The number of nitrogens with one attached hydrogen (secondary N) is 1. The minimum absolute atomic E-state index is 0.166. The molecule has 34 heavy (non-hydrogen) atoms. The van der Waals surface area contributed by atoms with Crippen LogP contribution in [0.25, 0.3) is 11.4 Å². The van der Waals surface area contributed by atoms with Crippen LogP contribution in [0.5, 0.6) is 0 Å². The number of hydrogen-bond acceptors (Lipinski definition) is 6. The number of amides is 1. The summed E-state index contributed by atoms with van der Waals surface area (Å²) >= 11 is 1.42. The zero-order valence-corrected chi connectivity index (χ0v) is 20.9. The second-order valence-corrected chi connectivity index (χ2v) is 9.84. The van der Waals surface area contributed by atoms with Gasteiger partial charge in [-0.15, -0.1) is 10.2 Å². The molecule has 1 aliphatic carbocycles. The predicted molar refractivity (Wildman–Crippen MR) is 140 cm³/mol. The van der Waals surface area contributed by atoms with Gasteiger partial charge < -0.3 is 4.90 Å². The quantitative estimate of drug-likeness (QED) is 0.279. The van der Waals surface area contributed by atoms with Crippen molar-refractivity contribution in [3.63, 3.8) is 0 Å². The van der Waals surface area contributed by atoms with Crippen molar-refractivity contribution in [1.29, 1.82) is 0 Å². The standard InChI is InChI=1S/C26H32N6OS/c1-19-9-13-21(14-10-19)25-29-30-26(32(25)23-7-5-4-6-8-23)34-18-24(33)28-27-17-20-11-15-22(16-12-20)31(2)3/h9-17,23H,4-8,18H2,1-3H3,(H,28,33)/b27-17-. The van der Waals surface area contributed by atoms with Crippen molar-refractivity contribution in [2.75, 3.05) is 24.7 Å². The Morgan fingerprint density at radius 1 is 1.09 bits per heavy atom. The highest BCUT2D eigenvalue weighted by Crippen LogP contribution is 2.35. The molecule has 1 N–H and O–H groups in total. The number of carbonyl (C=O) groups excluding carboxylic acids is 1. The van der Waals surface area contributed by atoms with E-state index in [2.05, 4.69) is 56.5 Å². The molecule has 0 atom stereocenters.